The zero-order valence-corrected chi connectivity index (χ0v) is 17.5. The number of nitrogens with zero attached hydrogens (tertiary/aromatic N) is 1. The van der Waals surface area contributed by atoms with Crippen molar-refractivity contribution in [1.82, 2.24) is 0 Å². The van der Waals surface area contributed by atoms with E-state index >= 15 is 0 Å². The molecule has 0 fully saturated rings. The van der Waals surface area contributed by atoms with Gasteiger partial charge in [-0.1, -0.05) is 51.7 Å². The SMILES string of the molecule is [2H]c1cc(-c2ccc(C([2H])([2H])C(C)(C)C(F)(F)F)cc2C)[n+](C)cc1[Si](C)(C)C. The van der Waals surface area contributed by atoms with Crippen LogP contribution in [0.1, 0.15) is 29.1 Å². The van der Waals surface area contributed by atoms with E-state index in [1.54, 1.807) is 19.1 Å². The predicted molar refractivity (Wildman–Crippen MR) is 104 cm³/mol. The third kappa shape index (κ3) is 4.37. The van der Waals surface area contributed by atoms with Crippen LogP contribution in [0, 0.1) is 12.3 Å². The molecule has 2 rings (SSSR count). The average Bonchev–Trinajstić information content (AvgIpc) is 2.54. The van der Waals surface area contributed by atoms with Crippen LogP contribution in [-0.4, -0.2) is 14.3 Å². The van der Waals surface area contributed by atoms with Gasteiger partial charge >= 0.3 is 6.18 Å². The van der Waals surface area contributed by atoms with Gasteiger partial charge in [-0.05, 0) is 30.5 Å². The van der Waals surface area contributed by atoms with Crippen LogP contribution in [0.25, 0.3) is 11.3 Å². The molecule has 0 N–H and O–H groups in total. The molecule has 0 amide bonds. The molecule has 0 unspecified atom stereocenters. The summed E-state index contributed by atoms with van der Waals surface area (Å²) in [6.45, 7) is 10.0. The Morgan fingerprint density at radius 3 is 2.27 bits per heavy atom. The molecule has 1 heterocycles. The lowest BCUT2D eigenvalue weighted by Gasteiger charge is -2.28. The first kappa shape index (κ1) is 16.5. The Kier molecular flexibility index (Phi) is 4.35. The molecule has 0 bridgehead atoms. The minimum absolute atomic E-state index is 0.00598. The monoisotopic (exact) mass is 383 g/mol. The Labute approximate surface area is 160 Å². The van der Waals surface area contributed by atoms with E-state index in [-0.39, 0.29) is 5.56 Å². The summed E-state index contributed by atoms with van der Waals surface area (Å²) in [6.07, 6.45) is -5.30. The van der Waals surface area contributed by atoms with Gasteiger partial charge in [-0.2, -0.15) is 13.2 Å². The maximum absolute atomic E-state index is 13.4. The molecule has 2 aromatic rings. The lowest BCUT2D eigenvalue weighted by atomic mass is 9.84. The van der Waals surface area contributed by atoms with E-state index in [9.17, 15) is 13.2 Å². The van der Waals surface area contributed by atoms with Crippen molar-refractivity contribution < 1.29 is 21.9 Å². The van der Waals surface area contributed by atoms with Crippen LogP contribution in [0.3, 0.4) is 0 Å². The van der Waals surface area contributed by atoms with E-state index < -0.39 is 26.0 Å². The van der Waals surface area contributed by atoms with Crippen LogP contribution in [0.15, 0.2) is 36.5 Å². The third-order valence-corrected chi connectivity index (χ3v) is 6.43. The summed E-state index contributed by atoms with van der Waals surface area (Å²) in [4.78, 5) is 0. The highest BCUT2D eigenvalue weighted by Gasteiger charge is 2.47. The minimum atomic E-state index is -4.68. The minimum Gasteiger partial charge on any atom is -0.201 e. The van der Waals surface area contributed by atoms with Crippen molar-refractivity contribution in [3.05, 3.63) is 47.6 Å². The molecule has 0 saturated heterocycles. The molecule has 0 radical (unpaired) electrons. The highest BCUT2D eigenvalue weighted by molar-refractivity contribution is 6.88. The van der Waals surface area contributed by atoms with Crippen LogP contribution < -0.4 is 9.75 Å². The van der Waals surface area contributed by atoms with E-state index in [1.807, 2.05) is 17.8 Å². The smallest absolute Gasteiger partial charge is 0.201 e. The first-order valence-corrected chi connectivity index (χ1v) is 12.1. The quantitative estimate of drug-likeness (QED) is 0.507. The number of halogens is 3. The molecule has 142 valence electrons. The van der Waals surface area contributed by atoms with Crippen LogP contribution in [-0.2, 0) is 13.4 Å². The van der Waals surface area contributed by atoms with Crippen molar-refractivity contribution in [2.45, 2.75) is 53.0 Å². The summed E-state index contributed by atoms with van der Waals surface area (Å²) in [6, 6.07) is 6.79. The normalized spacial score (nSPS) is 15.4. The van der Waals surface area contributed by atoms with Gasteiger partial charge < -0.3 is 0 Å². The number of hydrogen-bond acceptors (Lipinski definition) is 0. The Balaban J connectivity index is 2.58. The largest absolute Gasteiger partial charge is 0.394 e. The van der Waals surface area contributed by atoms with Crippen LogP contribution in [0.2, 0.25) is 19.6 Å². The summed E-state index contributed by atoms with van der Waals surface area (Å²) >= 11 is 0. The molecule has 0 aliphatic rings. The summed E-state index contributed by atoms with van der Waals surface area (Å²) in [5.74, 6) is 0. The molecule has 1 nitrogen and oxygen atoms in total. The topological polar surface area (TPSA) is 3.88 Å². The Bertz CT molecular complexity index is 932. The lowest BCUT2D eigenvalue weighted by Crippen LogP contribution is -2.44. The lowest BCUT2D eigenvalue weighted by molar-refractivity contribution is -0.659. The molecule has 0 spiro atoms. The number of rotatable bonds is 4. The van der Waals surface area contributed by atoms with Crippen LogP contribution >= 0.6 is 0 Å². The van der Waals surface area contributed by atoms with Gasteiger partial charge in [0, 0.05) is 19.6 Å². The molecule has 1 aromatic carbocycles. The van der Waals surface area contributed by atoms with Crippen LogP contribution in [0.5, 0.6) is 0 Å². The standard InChI is InChI=1S/C21H29F3NSi/c1-15-12-16(13-20(2,3)21(22,23)24)8-10-18(15)19-11-9-17(14-25(19)4)26(5,6)7/h8-12,14H,13H2,1-7H3/q+1/i9D,13D2. The molecular formula is C21H29F3NSi+. The fraction of sp³-hybridized carbons (Fsp3) is 0.476. The predicted octanol–water partition coefficient (Wildman–Crippen LogP) is 5.16. The zero-order chi connectivity index (χ0) is 22.6. The Morgan fingerprint density at radius 1 is 1.15 bits per heavy atom. The summed E-state index contributed by atoms with van der Waals surface area (Å²) in [5, 5.41) is 1.03. The van der Waals surface area contributed by atoms with E-state index in [2.05, 4.69) is 19.6 Å². The van der Waals surface area contributed by atoms with Gasteiger partial charge in [0.2, 0.25) is 5.69 Å². The zero-order valence-electron chi connectivity index (χ0n) is 19.5. The fourth-order valence-corrected chi connectivity index (χ4v) is 3.77. The van der Waals surface area contributed by atoms with Gasteiger partial charge in [-0.3, -0.25) is 0 Å². The fourth-order valence-electron chi connectivity index (χ4n) is 2.69. The molecule has 0 aliphatic heterocycles. The van der Waals surface area contributed by atoms with Crippen molar-refractivity contribution in [2.24, 2.45) is 12.5 Å². The maximum atomic E-state index is 13.4. The third-order valence-electron chi connectivity index (χ3n) is 4.54. The first-order chi connectivity index (χ1) is 12.9. The number of hydrogen-bond donors (Lipinski definition) is 0. The summed E-state index contributed by atoms with van der Waals surface area (Å²) in [5.41, 5.74) is -0.329. The second-order valence-electron chi connectivity index (χ2n) is 8.36. The molecule has 0 atom stereocenters. The molecular weight excluding hydrogens is 351 g/mol. The Morgan fingerprint density at radius 2 is 1.77 bits per heavy atom. The number of pyridine rings is 1. The second-order valence-corrected chi connectivity index (χ2v) is 13.4. The second kappa shape index (κ2) is 6.84. The molecule has 1 aromatic heterocycles. The number of aryl methyl sites for hydroxylation is 2. The number of benzene rings is 1. The van der Waals surface area contributed by atoms with Crippen LogP contribution in [0.4, 0.5) is 13.2 Å². The van der Waals surface area contributed by atoms with Gasteiger partial charge in [0.05, 0.1) is 14.9 Å². The molecule has 5 heteroatoms. The highest BCUT2D eigenvalue weighted by Crippen LogP contribution is 2.40. The number of aromatic nitrogens is 1. The van der Waals surface area contributed by atoms with E-state index in [1.165, 1.54) is 12.1 Å². The summed E-state index contributed by atoms with van der Waals surface area (Å²) in [7, 11) is 0.203. The van der Waals surface area contributed by atoms with Gasteiger partial charge in [-0.25, -0.2) is 4.57 Å². The molecule has 0 aliphatic carbocycles. The van der Waals surface area contributed by atoms with E-state index in [0.29, 0.717) is 11.6 Å². The van der Waals surface area contributed by atoms with Gasteiger partial charge in [0.15, 0.2) is 6.20 Å². The van der Waals surface area contributed by atoms with Crippen molar-refractivity contribution in [1.29, 1.82) is 0 Å². The van der Waals surface area contributed by atoms with Gasteiger partial charge in [0.1, 0.15) is 7.05 Å². The average molecular weight is 384 g/mol. The van der Waals surface area contributed by atoms with Crippen molar-refractivity contribution in [3.8, 4) is 11.3 Å². The van der Waals surface area contributed by atoms with Crippen molar-refractivity contribution in [2.75, 3.05) is 0 Å². The summed E-state index contributed by atoms with van der Waals surface area (Å²) < 4.78 is 67.0. The van der Waals surface area contributed by atoms with E-state index in [4.69, 9.17) is 4.11 Å². The first-order valence-electron chi connectivity index (χ1n) is 10.1. The van der Waals surface area contributed by atoms with Crippen molar-refractivity contribution in [3.63, 3.8) is 0 Å². The molecule has 0 saturated carbocycles. The Hall–Kier alpha value is -1.62. The molecule has 26 heavy (non-hydrogen) atoms. The van der Waals surface area contributed by atoms with Gasteiger partial charge in [0.25, 0.3) is 0 Å². The van der Waals surface area contributed by atoms with Gasteiger partial charge in [-0.15, -0.1) is 0 Å². The van der Waals surface area contributed by atoms with Crippen molar-refractivity contribution >= 4 is 13.3 Å². The van der Waals surface area contributed by atoms with E-state index in [0.717, 1.165) is 30.3 Å². The highest BCUT2D eigenvalue weighted by atomic mass is 28.3. The number of alkyl halides is 3. The maximum Gasteiger partial charge on any atom is 0.394 e.